The van der Waals surface area contributed by atoms with Crippen LogP contribution in [0.4, 0.5) is 5.82 Å². The number of hydrogen-bond acceptors (Lipinski definition) is 7. The van der Waals surface area contributed by atoms with Crippen LogP contribution in [-0.2, 0) is 6.54 Å². The van der Waals surface area contributed by atoms with E-state index in [4.69, 9.17) is 9.97 Å². The average molecular weight is 457 g/mol. The van der Waals surface area contributed by atoms with Crippen molar-refractivity contribution in [1.29, 1.82) is 0 Å². The van der Waals surface area contributed by atoms with E-state index in [-0.39, 0.29) is 6.61 Å². The summed E-state index contributed by atoms with van der Waals surface area (Å²) in [7, 11) is 0. The molecule has 0 spiro atoms. The highest BCUT2D eigenvalue weighted by atomic mass is 16.3. The van der Waals surface area contributed by atoms with Gasteiger partial charge in [0.2, 0.25) is 0 Å². The van der Waals surface area contributed by atoms with Crippen LogP contribution in [0.3, 0.4) is 0 Å². The van der Waals surface area contributed by atoms with Crippen LogP contribution >= 0.6 is 0 Å². The molecule has 0 atom stereocenters. The van der Waals surface area contributed by atoms with E-state index in [1.807, 2.05) is 73.1 Å². The predicted octanol–water partition coefficient (Wildman–Crippen LogP) is 4.19. The van der Waals surface area contributed by atoms with Crippen LogP contribution in [0.25, 0.3) is 39.8 Å². The lowest BCUT2D eigenvalue weighted by Gasteiger charge is -2.08. The molecule has 0 saturated heterocycles. The van der Waals surface area contributed by atoms with Crippen molar-refractivity contribution in [3.8, 4) is 28.6 Å². The van der Waals surface area contributed by atoms with Gasteiger partial charge >= 0.3 is 0 Å². The maximum absolute atomic E-state index is 9.34. The number of nitrogens with zero attached hydrogens (tertiary/aromatic N) is 7. The summed E-state index contributed by atoms with van der Waals surface area (Å²) >= 11 is 0. The number of aliphatic hydroxyl groups excluding tert-OH is 1. The van der Waals surface area contributed by atoms with E-state index in [2.05, 4.69) is 27.3 Å². The van der Waals surface area contributed by atoms with Gasteiger partial charge in [-0.15, -0.1) is 0 Å². The van der Waals surface area contributed by atoms with E-state index in [9.17, 15) is 5.11 Å². The highest BCUT2D eigenvalue weighted by Gasteiger charge is 2.19. The van der Waals surface area contributed by atoms with Crippen molar-refractivity contribution in [1.82, 2.24) is 34.3 Å². The Morgan fingerprint density at radius 3 is 2.38 bits per heavy atom. The first-order chi connectivity index (χ1) is 16.8. The van der Waals surface area contributed by atoms with E-state index in [0.717, 1.165) is 22.6 Å². The molecule has 0 aliphatic heterocycles. The molecule has 0 unspecified atom stereocenters. The molecule has 4 aromatic heterocycles. The lowest BCUT2D eigenvalue weighted by molar-refractivity contribution is 0.311. The Morgan fingerprint density at radius 2 is 1.68 bits per heavy atom. The lowest BCUT2D eigenvalue weighted by Crippen LogP contribution is -2.11. The standard InChI is InChI=1S/C23H22N8O.C2H6/c1-2-30-21(17-8-11-24-12-9-17)26-19-20(25-13-15-32)27-23(28-22(19)30)31-14-10-18(29-31)16-6-4-3-5-7-16;1-2/h3-12,14,32H,2,13,15H2,1H3,(H,25,27,28);1-2H3. The van der Waals surface area contributed by atoms with Gasteiger partial charge in [-0.1, -0.05) is 44.2 Å². The molecule has 0 aliphatic carbocycles. The molecule has 0 saturated carbocycles. The summed E-state index contributed by atoms with van der Waals surface area (Å²) in [6.07, 6.45) is 5.33. The van der Waals surface area contributed by atoms with Gasteiger partial charge in [0, 0.05) is 42.8 Å². The number of aliphatic hydroxyl groups is 1. The van der Waals surface area contributed by atoms with Gasteiger partial charge in [-0.2, -0.15) is 15.1 Å². The lowest BCUT2D eigenvalue weighted by atomic mass is 10.2. The van der Waals surface area contributed by atoms with E-state index in [1.165, 1.54) is 0 Å². The molecule has 5 rings (SSSR count). The molecule has 2 N–H and O–H groups in total. The van der Waals surface area contributed by atoms with Crippen molar-refractivity contribution in [3.63, 3.8) is 0 Å². The summed E-state index contributed by atoms with van der Waals surface area (Å²) in [6, 6.07) is 15.7. The van der Waals surface area contributed by atoms with Gasteiger partial charge in [-0.3, -0.25) is 4.98 Å². The second-order valence-electron chi connectivity index (χ2n) is 7.12. The Bertz CT molecular complexity index is 1350. The molecule has 5 aromatic rings. The van der Waals surface area contributed by atoms with E-state index >= 15 is 0 Å². The summed E-state index contributed by atoms with van der Waals surface area (Å²) in [5, 5.41) is 17.2. The zero-order valence-corrected chi connectivity index (χ0v) is 19.5. The monoisotopic (exact) mass is 456 g/mol. The normalized spacial score (nSPS) is 10.7. The van der Waals surface area contributed by atoms with Gasteiger partial charge in [0.25, 0.3) is 5.95 Å². The van der Waals surface area contributed by atoms with Crippen LogP contribution in [0.5, 0.6) is 0 Å². The molecule has 1 aromatic carbocycles. The molecule has 0 radical (unpaired) electrons. The summed E-state index contributed by atoms with van der Waals surface area (Å²) in [4.78, 5) is 18.4. The number of benzene rings is 1. The molecule has 9 heteroatoms. The van der Waals surface area contributed by atoms with E-state index in [0.29, 0.717) is 36.0 Å². The number of aromatic nitrogens is 7. The molecule has 0 aliphatic rings. The largest absolute Gasteiger partial charge is 0.395 e. The molecule has 174 valence electrons. The van der Waals surface area contributed by atoms with Crippen molar-refractivity contribution in [3.05, 3.63) is 67.1 Å². The Labute approximate surface area is 198 Å². The van der Waals surface area contributed by atoms with Gasteiger partial charge in [-0.25, -0.2) is 9.67 Å². The van der Waals surface area contributed by atoms with Crippen LogP contribution < -0.4 is 5.32 Å². The second kappa shape index (κ2) is 10.7. The van der Waals surface area contributed by atoms with Crippen LogP contribution in [0, 0.1) is 0 Å². The molecule has 4 heterocycles. The quantitative estimate of drug-likeness (QED) is 0.378. The SMILES string of the molecule is CC.CCn1c(-c2ccncc2)nc2c(NCCO)nc(-n3ccc(-c4ccccc4)n3)nc21. The van der Waals surface area contributed by atoms with Crippen LogP contribution in [0.1, 0.15) is 20.8 Å². The Kier molecular flexibility index (Phi) is 7.24. The van der Waals surface area contributed by atoms with E-state index in [1.54, 1.807) is 17.1 Å². The molecule has 9 nitrogen and oxygen atoms in total. The molecule has 0 fully saturated rings. The number of imidazole rings is 1. The minimum Gasteiger partial charge on any atom is -0.395 e. The number of hydrogen-bond donors (Lipinski definition) is 2. The van der Waals surface area contributed by atoms with Crippen molar-refractivity contribution in [2.24, 2.45) is 0 Å². The number of anilines is 1. The van der Waals surface area contributed by atoms with Crippen molar-refractivity contribution >= 4 is 17.0 Å². The highest BCUT2D eigenvalue weighted by Crippen LogP contribution is 2.28. The fraction of sp³-hybridized carbons (Fsp3) is 0.240. The van der Waals surface area contributed by atoms with Gasteiger partial charge in [0.05, 0.1) is 12.3 Å². The van der Waals surface area contributed by atoms with Gasteiger partial charge in [0.1, 0.15) is 5.82 Å². The third-order valence-corrected chi connectivity index (χ3v) is 5.11. The number of pyridine rings is 1. The minimum atomic E-state index is -0.0214. The summed E-state index contributed by atoms with van der Waals surface area (Å²) in [6.45, 7) is 7.06. The molecular formula is C25H28N8O. The van der Waals surface area contributed by atoms with Crippen LogP contribution in [0.2, 0.25) is 0 Å². The van der Waals surface area contributed by atoms with Crippen LogP contribution in [0.15, 0.2) is 67.1 Å². The van der Waals surface area contributed by atoms with Gasteiger partial charge in [0.15, 0.2) is 17.0 Å². The first-order valence-corrected chi connectivity index (χ1v) is 11.4. The third kappa shape index (κ3) is 4.51. The van der Waals surface area contributed by atoms with Crippen molar-refractivity contribution < 1.29 is 5.11 Å². The Balaban J connectivity index is 0.00000133. The van der Waals surface area contributed by atoms with Crippen LogP contribution in [-0.4, -0.2) is 52.5 Å². The topological polar surface area (TPSA) is 107 Å². The highest BCUT2D eigenvalue weighted by molar-refractivity contribution is 5.87. The van der Waals surface area contributed by atoms with Crippen molar-refractivity contribution in [2.45, 2.75) is 27.3 Å². The predicted molar refractivity (Wildman–Crippen MR) is 134 cm³/mol. The first-order valence-electron chi connectivity index (χ1n) is 11.4. The molecular weight excluding hydrogens is 428 g/mol. The number of aryl methyl sites for hydroxylation is 1. The maximum atomic E-state index is 9.34. The number of nitrogens with one attached hydrogen (secondary N) is 1. The molecule has 0 bridgehead atoms. The Morgan fingerprint density at radius 1 is 0.912 bits per heavy atom. The fourth-order valence-electron chi connectivity index (χ4n) is 3.61. The molecule has 34 heavy (non-hydrogen) atoms. The molecule has 0 amide bonds. The smallest absolute Gasteiger partial charge is 0.254 e. The maximum Gasteiger partial charge on any atom is 0.254 e. The average Bonchev–Trinajstić information content (AvgIpc) is 3.55. The van der Waals surface area contributed by atoms with Crippen molar-refractivity contribution in [2.75, 3.05) is 18.5 Å². The minimum absolute atomic E-state index is 0.0214. The second-order valence-corrected chi connectivity index (χ2v) is 7.12. The number of fused-ring (bicyclic) bond motifs is 1. The zero-order chi connectivity index (χ0) is 23.9. The third-order valence-electron chi connectivity index (χ3n) is 5.11. The Hall–Kier alpha value is -4.11. The van der Waals surface area contributed by atoms with Gasteiger partial charge in [-0.05, 0) is 25.1 Å². The summed E-state index contributed by atoms with van der Waals surface area (Å²) in [5.74, 6) is 1.77. The van der Waals surface area contributed by atoms with E-state index < -0.39 is 0 Å². The zero-order valence-electron chi connectivity index (χ0n) is 19.5. The number of rotatable bonds is 7. The fourth-order valence-corrected chi connectivity index (χ4v) is 3.61. The van der Waals surface area contributed by atoms with Gasteiger partial charge < -0.3 is 15.0 Å². The first kappa shape index (κ1) is 23.1. The summed E-state index contributed by atoms with van der Waals surface area (Å²) < 4.78 is 3.70. The summed E-state index contributed by atoms with van der Waals surface area (Å²) in [5.41, 5.74) is 4.14.